The van der Waals surface area contributed by atoms with Crippen LogP contribution >= 0.6 is 11.6 Å². The molecule has 20 heavy (non-hydrogen) atoms. The van der Waals surface area contributed by atoms with E-state index >= 15 is 0 Å². The van der Waals surface area contributed by atoms with Crippen LogP contribution in [0.5, 0.6) is 0 Å². The van der Waals surface area contributed by atoms with Crippen molar-refractivity contribution in [3.8, 4) is 0 Å². The molecule has 5 heteroatoms. The lowest BCUT2D eigenvalue weighted by molar-refractivity contribution is 0.934. The third-order valence-electron chi connectivity index (χ3n) is 3.21. The summed E-state index contributed by atoms with van der Waals surface area (Å²) in [4.78, 5) is 11.7. The SMILES string of the molecule is Nc1cc(Cc2n[nH]c(=O)c3ccccc23)ccc1Cl. The largest absolute Gasteiger partial charge is 0.398 e. The number of aromatic nitrogens is 2. The molecule has 1 aromatic heterocycles. The molecule has 0 aliphatic carbocycles. The molecule has 1 heterocycles. The fourth-order valence-corrected chi connectivity index (χ4v) is 2.32. The van der Waals surface area contributed by atoms with E-state index in [9.17, 15) is 4.79 Å². The molecule has 4 nitrogen and oxygen atoms in total. The number of H-pyrrole nitrogens is 1. The molecular weight excluding hydrogens is 274 g/mol. The fourth-order valence-electron chi connectivity index (χ4n) is 2.20. The van der Waals surface area contributed by atoms with Crippen molar-refractivity contribution in [3.05, 3.63) is 69.1 Å². The Hall–Kier alpha value is -2.33. The summed E-state index contributed by atoms with van der Waals surface area (Å²) in [6, 6.07) is 12.9. The zero-order valence-electron chi connectivity index (χ0n) is 10.6. The predicted octanol–water partition coefficient (Wildman–Crippen LogP) is 2.75. The summed E-state index contributed by atoms with van der Waals surface area (Å²) in [5.74, 6) is 0. The van der Waals surface area contributed by atoms with Gasteiger partial charge in [0, 0.05) is 11.8 Å². The molecule has 3 N–H and O–H groups in total. The molecule has 0 amide bonds. The molecule has 0 unspecified atom stereocenters. The van der Waals surface area contributed by atoms with Gasteiger partial charge >= 0.3 is 0 Å². The van der Waals surface area contributed by atoms with Gasteiger partial charge in [-0.1, -0.05) is 35.9 Å². The molecule has 0 radical (unpaired) electrons. The minimum absolute atomic E-state index is 0.181. The molecule has 2 aromatic carbocycles. The maximum Gasteiger partial charge on any atom is 0.272 e. The van der Waals surface area contributed by atoms with E-state index in [1.54, 1.807) is 12.1 Å². The number of benzene rings is 2. The van der Waals surface area contributed by atoms with Crippen molar-refractivity contribution in [1.29, 1.82) is 0 Å². The summed E-state index contributed by atoms with van der Waals surface area (Å²) in [5.41, 5.74) is 7.96. The number of fused-ring (bicyclic) bond motifs is 1. The summed E-state index contributed by atoms with van der Waals surface area (Å²) in [6.07, 6.45) is 0.582. The van der Waals surface area contributed by atoms with Crippen molar-refractivity contribution in [2.45, 2.75) is 6.42 Å². The third kappa shape index (κ3) is 2.26. The summed E-state index contributed by atoms with van der Waals surface area (Å²) in [6.45, 7) is 0. The van der Waals surface area contributed by atoms with Gasteiger partial charge in [-0.3, -0.25) is 4.79 Å². The van der Waals surface area contributed by atoms with E-state index < -0.39 is 0 Å². The molecule has 0 saturated carbocycles. The molecule has 3 aromatic rings. The van der Waals surface area contributed by atoms with E-state index in [1.165, 1.54) is 0 Å². The van der Waals surface area contributed by atoms with Gasteiger partial charge < -0.3 is 5.73 Å². The van der Waals surface area contributed by atoms with Gasteiger partial charge in [0.15, 0.2) is 0 Å². The third-order valence-corrected chi connectivity index (χ3v) is 3.55. The number of hydrogen-bond acceptors (Lipinski definition) is 3. The van der Waals surface area contributed by atoms with Gasteiger partial charge in [-0.25, -0.2) is 5.10 Å². The van der Waals surface area contributed by atoms with Crippen LogP contribution in [0.15, 0.2) is 47.3 Å². The second-order valence-corrected chi connectivity index (χ2v) is 4.98. The van der Waals surface area contributed by atoms with E-state index in [0.717, 1.165) is 16.6 Å². The van der Waals surface area contributed by atoms with Crippen LogP contribution in [0.25, 0.3) is 10.8 Å². The summed E-state index contributed by atoms with van der Waals surface area (Å²) in [5, 5.41) is 8.69. The smallest absolute Gasteiger partial charge is 0.272 e. The Morgan fingerprint density at radius 2 is 1.90 bits per heavy atom. The minimum atomic E-state index is -0.181. The first-order chi connectivity index (χ1) is 9.65. The number of aromatic amines is 1. The molecule has 0 atom stereocenters. The van der Waals surface area contributed by atoms with Gasteiger partial charge in [0.1, 0.15) is 0 Å². The van der Waals surface area contributed by atoms with Gasteiger partial charge in [-0.05, 0) is 23.8 Å². The maximum atomic E-state index is 11.7. The number of halogens is 1. The standard InChI is InChI=1S/C15H12ClN3O/c16-12-6-5-9(7-13(12)17)8-14-10-3-1-2-4-11(10)15(20)19-18-14/h1-7H,8,17H2,(H,19,20). The Morgan fingerprint density at radius 1 is 1.15 bits per heavy atom. The van der Waals surface area contributed by atoms with Gasteiger partial charge in [0.2, 0.25) is 0 Å². The highest BCUT2D eigenvalue weighted by molar-refractivity contribution is 6.33. The van der Waals surface area contributed by atoms with Gasteiger partial charge in [0.25, 0.3) is 5.56 Å². The van der Waals surface area contributed by atoms with Crippen LogP contribution in [0.2, 0.25) is 5.02 Å². The Balaban J connectivity index is 2.09. The highest BCUT2D eigenvalue weighted by atomic mass is 35.5. The van der Waals surface area contributed by atoms with E-state index in [-0.39, 0.29) is 5.56 Å². The highest BCUT2D eigenvalue weighted by Gasteiger charge is 2.07. The van der Waals surface area contributed by atoms with Gasteiger partial charge in [-0.2, -0.15) is 5.10 Å². The van der Waals surface area contributed by atoms with Crippen molar-refractivity contribution >= 4 is 28.1 Å². The number of nitrogens with two attached hydrogens (primary N) is 1. The molecule has 100 valence electrons. The average molecular weight is 286 g/mol. The van der Waals surface area contributed by atoms with Crippen LogP contribution in [-0.4, -0.2) is 10.2 Å². The van der Waals surface area contributed by atoms with E-state index in [2.05, 4.69) is 10.2 Å². The molecule has 0 fully saturated rings. The van der Waals surface area contributed by atoms with Crippen molar-refractivity contribution < 1.29 is 0 Å². The molecule has 0 aliphatic rings. The molecule has 3 rings (SSSR count). The van der Waals surface area contributed by atoms with Crippen LogP contribution in [-0.2, 0) is 6.42 Å². The number of hydrogen-bond donors (Lipinski definition) is 2. The lowest BCUT2D eigenvalue weighted by atomic mass is 10.0. The zero-order chi connectivity index (χ0) is 14.1. The van der Waals surface area contributed by atoms with Crippen LogP contribution in [0, 0.1) is 0 Å². The molecule has 0 spiro atoms. The van der Waals surface area contributed by atoms with Crippen LogP contribution < -0.4 is 11.3 Å². The number of rotatable bonds is 2. The lowest BCUT2D eigenvalue weighted by Gasteiger charge is -2.06. The second kappa shape index (κ2) is 4.98. The number of nitrogens with one attached hydrogen (secondary N) is 1. The first-order valence-electron chi connectivity index (χ1n) is 6.15. The Bertz CT molecular complexity index is 842. The molecule has 0 saturated heterocycles. The first-order valence-corrected chi connectivity index (χ1v) is 6.53. The topological polar surface area (TPSA) is 71.8 Å². The van der Waals surface area contributed by atoms with Gasteiger partial charge in [0.05, 0.1) is 21.8 Å². The van der Waals surface area contributed by atoms with Crippen molar-refractivity contribution in [1.82, 2.24) is 10.2 Å². The monoisotopic (exact) mass is 285 g/mol. The quantitative estimate of drug-likeness (QED) is 0.711. The Labute approximate surface area is 120 Å². The number of nitrogen functional groups attached to an aromatic ring is 1. The Morgan fingerprint density at radius 3 is 2.65 bits per heavy atom. The number of nitrogens with zero attached hydrogens (tertiary/aromatic N) is 1. The fraction of sp³-hybridized carbons (Fsp3) is 0.0667. The van der Waals surface area contributed by atoms with E-state index in [1.807, 2.05) is 30.3 Å². The lowest BCUT2D eigenvalue weighted by Crippen LogP contribution is -2.11. The summed E-state index contributed by atoms with van der Waals surface area (Å²) in [7, 11) is 0. The van der Waals surface area contributed by atoms with Crippen molar-refractivity contribution in [3.63, 3.8) is 0 Å². The van der Waals surface area contributed by atoms with Gasteiger partial charge in [-0.15, -0.1) is 0 Å². The minimum Gasteiger partial charge on any atom is -0.398 e. The van der Waals surface area contributed by atoms with Crippen molar-refractivity contribution in [2.75, 3.05) is 5.73 Å². The zero-order valence-corrected chi connectivity index (χ0v) is 11.3. The maximum absolute atomic E-state index is 11.7. The van der Waals surface area contributed by atoms with Crippen LogP contribution in [0.3, 0.4) is 0 Å². The van der Waals surface area contributed by atoms with Crippen LogP contribution in [0.1, 0.15) is 11.3 Å². The summed E-state index contributed by atoms with van der Waals surface area (Å²) >= 11 is 5.91. The average Bonchev–Trinajstić information content (AvgIpc) is 2.46. The van der Waals surface area contributed by atoms with E-state index in [4.69, 9.17) is 17.3 Å². The molecule has 0 aliphatic heterocycles. The first kappa shape index (κ1) is 12.7. The molecular formula is C15H12ClN3O. The van der Waals surface area contributed by atoms with Crippen LogP contribution in [0.4, 0.5) is 5.69 Å². The normalized spacial score (nSPS) is 10.8. The second-order valence-electron chi connectivity index (χ2n) is 4.58. The summed E-state index contributed by atoms with van der Waals surface area (Å²) < 4.78 is 0. The van der Waals surface area contributed by atoms with Crippen molar-refractivity contribution in [2.24, 2.45) is 0 Å². The Kier molecular flexibility index (Phi) is 3.16. The molecule has 0 bridgehead atoms. The predicted molar refractivity (Wildman–Crippen MR) is 81.0 cm³/mol. The number of anilines is 1. The highest BCUT2D eigenvalue weighted by Crippen LogP contribution is 2.22. The van der Waals surface area contributed by atoms with E-state index in [0.29, 0.717) is 22.5 Å².